The summed E-state index contributed by atoms with van der Waals surface area (Å²) in [7, 11) is 0. The van der Waals surface area contributed by atoms with Crippen LogP contribution in [0.5, 0.6) is 0 Å². The van der Waals surface area contributed by atoms with Gasteiger partial charge in [-0.05, 0) is 50.5 Å². The molecule has 4 unspecified atom stereocenters. The normalized spacial score (nSPS) is 36.2. The maximum Gasteiger partial charge on any atom is 0.0198 e. The van der Waals surface area contributed by atoms with E-state index in [1.165, 1.54) is 64.6 Å². The van der Waals surface area contributed by atoms with Gasteiger partial charge in [-0.3, -0.25) is 4.90 Å². The van der Waals surface area contributed by atoms with E-state index in [0.29, 0.717) is 0 Å². The molecule has 1 aliphatic heterocycles. The van der Waals surface area contributed by atoms with Gasteiger partial charge in [-0.25, -0.2) is 0 Å². The molecule has 4 atom stereocenters. The second kappa shape index (κ2) is 7.64. The van der Waals surface area contributed by atoms with Crippen LogP contribution in [0.25, 0.3) is 0 Å². The first-order valence-electron chi connectivity index (χ1n) is 8.72. The number of likely N-dealkylation sites (tertiary alicyclic amines) is 1. The van der Waals surface area contributed by atoms with E-state index < -0.39 is 0 Å². The van der Waals surface area contributed by atoms with Gasteiger partial charge in [0.15, 0.2) is 0 Å². The van der Waals surface area contributed by atoms with Gasteiger partial charge in [0.2, 0.25) is 0 Å². The van der Waals surface area contributed by atoms with Crippen LogP contribution in [0.15, 0.2) is 0 Å². The van der Waals surface area contributed by atoms with Crippen molar-refractivity contribution in [1.29, 1.82) is 0 Å². The third-order valence-electron chi connectivity index (χ3n) is 5.26. The number of rotatable bonds is 7. The molecule has 0 spiro atoms. The smallest absolute Gasteiger partial charge is 0.0198 e. The van der Waals surface area contributed by atoms with Crippen molar-refractivity contribution in [3.8, 4) is 0 Å². The Morgan fingerprint density at radius 1 is 1.11 bits per heavy atom. The zero-order chi connectivity index (χ0) is 13.7. The molecule has 2 heteroatoms. The van der Waals surface area contributed by atoms with Crippen LogP contribution < -0.4 is 5.32 Å². The van der Waals surface area contributed by atoms with Crippen molar-refractivity contribution >= 4 is 0 Å². The van der Waals surface area contributed by atoms with E-state index in [4.69, 9.17) is 0 Å². The molecule has 1 heterocycles. The van der Waals surface area contributed by atoms with Crippen molar-refractivity contribution < 1.29 is 0 Å². The summed E-state index contributed by atoms with van der Waals surface area (Å²) in [5.41, 5.74) is 0. The Morgan fingerprint density at radius 2 is 1.95 bits per heavy atom. The SMILES string of the molecule is CCCCC1CC(NCCC)CN(C2CCC2C)C1. The Bertz CT molecular complexity index is 238. The van der Waals surface area contributed by atoms with E-state index in [-0.39, 0.29) is 0 Å². The van der Waals surface area contributed by atoms with Crippen molar-refractivity contribution in [2.45, 2.75) is 77.8 Å². The second-order valence-corrected chi connectivity index (χ2v) is 6.97. The van der Waals surface area contributed by atoms with Crippen LogP contribution in [-0.2, 0) is 0 Å². The first kappa shape index (κ1) is 15.3. The average molecular weight is 266 g/mol. The summed E-state index contributed by atoms with van der Waals surface area (Å²) < 4.78 is 0. The minimum atomic E-state index is 0.753. The van der Waals surface area contributed by atoms with Crippen molar-refractivity contribution in [3.63, 3.8) is 0 Å². The molecule has 2 rings (SSSR count). The molecule has 0 radical (unpaired) electrons. The molecule has 1 saturated heterocycles. The minimum Gasteiger partial charge on any atom is -0.313 e. The summed E-state index contributed by atoms with van der Waals surface area (Å²) in [5, 5.41) is 3.78. The number of unbranched alkanes of at least 4 members (excludes halogenated alkanes) is 1. The fourth-order valence-corrected chi connectivity index (χ4v) is 3.90. The first-order valence-corrected chi connectivity index (χ1v) is 8.72. The van der Waals surface area contributed by atoms with Crippen LogP contribution in [0.3, 0.4) is 0 Å². The third kappa shape index (κ3) is 4.19. The Labute approximate surface area is 120 Å². The average Bonchev–Trinajstić information content (AvgIpc) is 2.41. The highest BCUT2D eigenvalue weighted by atomic mass is 15.2. The molecule has 0 aromatic carbocycles. The molecular weight excluding hydrogens is 232 g/mol. The molecule has 0 amide bonds. The molecule has 1 aliphatic carbocycles. The number of hydrogen-bond acceptors (Lipinski definition) is 2. The maximum absolute atomic E-state index is 3.78. The van der Waals surface area contributed by atoms with Crippen LogP contribution in [0.1, 0.15) is 65.7 Å². The van der Waals surface area contributed by atoms with Gasteiger partial charge < -0.3 is 5.32 Å². The van der Waals surface area contributed by atoms with Gasteiger partial charge in [-0.2, -0.15) is 0 Å². The number of piperidine rings is 1. The Hall–Kier alpha value is -0.0800. The topological polar surface area (TPSA) is 15.3 Å². The zero-order valence-electron chi connectivity index (χ0n) is 13.3. The predicted octanol–water partition coefficient (Wildman–Crippen LogP) is 3.67. The highest BCUT2D eigenvalue weighted by Crippen LogP contribution is 2.35. The highest BCUT2D eigenvalue weighted by Gasteiger charge is 2.37. The monoisotopic (exact) mass is 266 g/mol. The van der Waals surface area contributed by atoms with Gasteiger partial charge in [0.1, 0.15) is 0 Å². The fourth-order valence-electron chi connectivity index (χ4n) is 3.90. The van der Waals surface area contributed by atoms with Crippen LogP contribution >= 0.6 is 0 Å². The third-order valence-corrected chi connectivity index (χ3v) is 5.26. The van der Waals surface area contributed by atoms with E-state index in [1.807, 2.05) is 0 Å². The van der Waals surface area contributed by atoms with Crippen LogP contribution in [0.4, 0.5) is 0 Å². The van der Waals surface area contributed by atoms with E-state index in [1.54, 1.807) is 0 Å². The number of hydrogen-bond donors (Lipinski definition) is 1. The van der Waals surface area contributed by atoms with Gasteiger partial charge >= 0.3 is 0 Å². The lowest BCUT2D eigenvalue weighted by molar-refractivity contribution is 0.0209. The lowest BCUT2D eigenvalue weighted by Gasteiger charge is -2.48. The lowest BCUT2D eigenvalue weighted by Crippen LogP contribution is -2.56. The molecule has 19 heavy (non-hydrogen) atoms. The highest BCUT2D eigenvalue weighted by molar-refractivity contribution is 4.92. The molecule has 2 aliphatic rings. The van der Waals surface area contributed by atoms with Crippen molar-refractivity contribution in [3.05, 3.63) is 0 Å². The summed E-state index contributed by atoms with van der Waals surface area (Å²) in [6, 6.07) is 1.65. The summed E-state index contributed by atoms with van der Waals surface area (Å²) >= 11 is 0. The van der Waals surface area contributed by atoms with Crippen molar-refractivity contribution in [2.24, 2.45) is 11.8 Å². The van der Waals surface area contributed by atoms with Crippen molar-refractivity contribution in [1.82, 2.24) is 10.2 Å². The first-order chi connectivity index (χ1) is 9.24. The lowest BCUT2D eigenvalue weighted by atomic mass is 9.77. The predicted molar refractivity (Wildman–Crippen MR) is 83.5 cm³/mol. The van der Waals surface area contributed by atoms with E-state index in [2.05, 4.69) is 31.0 Å². The minimum absolute atomic E-state index is 0.753. The Balaban J connectivity index is 1.87. The molecular formula is C17H34N2. The van der Waals surface area contributed by atoms with Crippen molar-refractivity contribution in [2.75, 3.05) is 19.6 Å². The van der Waals surface area contributed by atoms with Gasteiger partial charge in [0.05, 0.1) is 0 Å². The quantitative estimate of drug-likeness (QED) is 0.756. The molecule has 0 aromatic heterocycles. The second-order valence-electron chi connectivity index (χ2n) is 6.97. The number of nitrogens with one attached hydrogen (secondary N) is 1. The summed E-state index contributed by atoms with van der Waals surface area (Å²) in [6.07, 6.45) is 9.78. The molecule has 0 aromatic rings. The zero-order valence-corrected chi connectivity index (χ0v) is 13.3. The Morgan fingerprint density at radius 3 is 2.53 bits per heavy atom. The summed E-state index contributed by atoms with van der Waals surface area (Å²) in [4.78, 5) is 2.82. The Kier molecular flexibility index (Phi) is 6.15. The van der Waals surface area contributed by atoms with Crippen LogP contribution in [-0.4, -0.2) is 36.6 Å². The molecule has 1 N–H and O–H groups in total. The molecule has 2 fully saturated rings. The van der Waals surface area contributed by atoms with Crippen LogP contribution in [0.2, 0.25) is 0 Å². The molecule has 1 saturated carbocycles. The van der Waals surface area contributed by atoms with E-state index in [0.717, 1.165) is 23.9 Å². The summed E-state index contributed by atoms with van der Waals surface area (Å²) in [5.74, 6) is 1.88. The van der Waals surface area contributed by atoms with Gasteiger partial charge in [-0.1, -0.05) is 33.6 Å². The molecule has 0 bridgehead atoms. The molecule has 112 valence electrons. The standard InChI is InChI=1S/C17H34N2/c1-4-6-7-15-11-16(18-10-5-2)13-19(12-15)17-9-8-14(17)3/h14-18H,4-13H2,1-3H3. The maximum atomic E-state index is 3.78. The van der Waals surface area contributed by atoms with Gasteiger partial charge in [-0.15, -0.1) is 0 Å². The number of nitrogens with zero attached hydrogens (tertiary/aromatic N) is 1. The molecule has 2 nitrogen and oxygen atoms in total. The van der Waals surface area contributed by atoms with Gasteiger partial charge in [0.25, 0.3) is 0 Å². The van der Waals surface area contributed by atoms with E-state index >= 15 is 0 Å². The van der Waals surface area contributed by atoms with Gasteiger partial charge in [0, 0.05) is 25.2 Å². The van der Waals surface area contributed by atoms with Crippen LogP contribution in [0, 0.1) is 11.8 Å². The van der Waals surface area contributed by atoms with E-state index in [9.17, 15) is 0 Å². The fraction of sp³-hybridized carbons (Fsp3) is 1.00. The summed E-state index contributed by atoms with van der Waals surface area (Å²) in [6.45, 7) is 10.9. The largest absolute Gasteiger partial charge is 0.313 e.